The summed E-state index contributed by atoms with van der Waals surface area (Å²) in [5.41, 5.74) is 1.76. The van der Waals surface area contributed by atoms with Crippen LogP contribution < -0.4 is 14.8 Å². The molecule has 2 aromatic rings. The van der Waals surface area contributed by atoms with Gasteiger partial charge in [0.15, 0.2) is 6.23 Å². The standard InChI is InChI=1S/C28H36N2O6/c1-6-9-22(20-12-15-23(35-5)18(4)16-20)29-27(34)30-25(33)28(7-2,8-3)26(30)36-21-13-10-19(11-14-21)17-24(31)32/h10-16,22,26H,6-9,17H2,1-5H3,(H,29,34)(H,31,32)/t22-,26+/m1/s1. The van der Waals surface area contributed by atoms with Gasteiger partial charge in [0.25, 0.3) is 0 Å². The van der Waals surface area contributed by atoms with Crippen molar-refractivity contribution in [3.63, 3.8) is 0 Å². The maximum absolute atomic E-state index is 13.4. The van der Waals surface area contributed by atoms with Gasteiger partial charge in [-0.2, -0.15) is 0 Å². The van der Waals surface area contributed by atoms with Gasteiger partial charge in [0.05, 0.1) is 19.6 Å². The first-order chi connectivity index (χ1) is 17.2. The van der Waals surface area contributed by atoms with Crippen molar-refractivity contribution in [3.05, 3.63) is 59.2 Å². The first kappa shape index (κ1) is 27.0. The number of aliphatic carboxylic acids is 1. The molecule has 8 heteroatoms. The predicted octanol–water partition coefficient (Wildman–Crippen LogP) is 5.24. The van der Waals surface area contributed by atoms with E-state index in [2.05, 4.69) is 5.32 Å². The fourth-order valence-corrected chi connectivity index (χ4v) is 4.84. The molecule has 36 heavy (non-hydrogen) atoms. The number of nitrogens with zero attached hydrogens (tertiary/aromatic N) is 1. The number of β-lactam (4-membered cyclic amide) rings is 1. The van der Waals surface area contributed by atoms with Crippen LogP contribution in [-0.4, -0.2) is 41.3 Å². The Bertz CT molecular complexity index is 1090. The molecule has 0 spiro atoms. The van der Waals surface area contributed by atoms with Gasteiger partial charge < -0.3 is 19.9 Å². The molecule has 0 bridgehead atoms. The molecule has 3 amide bonds. The summed E-state index contributed by atoms with van der Waals surface area (Å²) in [6.07, 6.45) is 1.77. The van der Waals surface area contributed by atoms with Crippen molar-refractivity contribution in [3.8, 4) is 11.5 Å². The van der Waals surface area contributed by atoms with Gasteiger partial charge in [0, 0.05) is 0 Å². The number of carboxylic acid groups (broad SMARTS) is 1. The maximum Gasteiger partial charge on any atom is 0.327 e. The minimum Gasteiger partial charge on any atom is -0.496 e. The first-order valence-electron chi connectivity index (χ1n) is 12.5. The molecular weight excluding hydrogens is 460 g/mol. The number of methoxy groups -OCH3 is 1. The van der Waals surface area contributed by atoms with Crippen LogP contribution in [0.4, 0.5) is 4.79 Å². The average Bonchev–Trinajstić information content (AvgIpc) is 2.85. The van der Waals surface area contributed by atoms with Crippen molar-refractivity contribution >= 4 is 17.9 Å². The molecule has 8 nitrogen and oxygen atoms in total. The fraction of sp³-hybridized carbons (Fsp3) is 0.464. The van der Waals surface area contributed by atoms with E-state index in [4.69, 9.17) is 14.6 Å². The molecule has 0 radical (unpaired) electrons. The SMILES string of the molecule is CCC[C@@H](NC(=O)N1C(=O)C(CC)(CC)[C@@H]1Oc1ccc(CC(=O)O)cc1)c1ccc(OC)c(C)c1. The van der Waals surface area contributed by atoms with E-state index in [0.29, 0.717) is 30.6 Å². The summed E-state index contributed by atoms with van der Waals surface area (Å²) in [5.74, 6) is 0.0813. The third kappa shape index (κ3) is 5.32. The van der Waals surface area contributed by atoms with Crippen molar-refractivity contribution in [2.75, 3.05) is 7.11 Å². The monoisotopic (exact) mass is 496 g/mol. The highest BCUT2D eigenvalue weighted by molar-refractivity contribution is 6.03. The number of aryl methyl sites for hydroxylation is 1. The van der Waals surface area contributed by atoms with E-state index in [9.17, 15) is 14.4 Å². The van der Waals surface area contributed by atoms with Gasteiger partial charge in [-0.05, 0) is 61.1 Å². The summed E-state index contributed by atoms with van der Waals surface area (Å²) in [4.78, 5) is 38.8. The summed E-state index contributed by atoms with van der Waals surface area (Å²) >= 11 is 0. The van der Waals surface area contributed by atoms with Crippen LogP contribution in [0.25, 0.3) is 0 Å². The molecule has 1 fully saturated rings. The highest BCUT2D eigenvalue weighted by Gasteiger charge is 2.63. The van der Waals surface area contributed by atoms with E-state index in [1.54, 1.807) is 31.4 Å². The number of hydrogen-bond acceptors (Lipinski definition) is 5. The Hall–Kier alpha value is -3.55. The molecule has 0 aromatic heterocycles. The number of imide groups is 1. The Balaban J connectivity index is 1.83. The summed E-state index contributed by atoms with van der Waals surface area (Å²) < 4.78 is 11.5. The lowest BCUT2D eigenvalue weighted by Crippen LogP contribution is -2.73. The maximum atomic E-state index is 13.4. The van der Waals surface area contributed by atoms with E-state index in [-0.39, 0.29) is 18.4 Å². The first-order valence-corrected chi connectivity index (χ1v) is 12.5. The number of carboxylic acids is 1. The lowest BCUT2D eigenvalue weighted by molar-refractivity contribution is -0.191. The Morgan fingerprint density at radius 3 is 2.31 bits per heavy atom. The number of amides is 3. The van der Waals surface area contributed by atoms with E-state index in [1.165, 1.54) is 4.90 Å². The molecule has 0 aliphatic carbocycles. The molecule has 3 rings (SSSR count). The lowest BCUT2D eigenvalue weighted by atomic mass is 9.72. The fourth-order valence-electron chi connectivity index (χ4n) is 4.84. The number of urea groups is 1. The van der Waals surface area contributed by atoms with Gasteiger partial charge in [-0.3, -0.25) is 9.59 Å². The molecule has 0 saturated carbocycles. The van der Waals surface area contributed by atoms with Gasteiger partial charge in [-0.15, -0.1) is 0 Å². The molecule has 1 aliphatic rings. The van der Waals surface area contributed by atoms with Crippen molar-refractivity contribution in [1.82, 2.24) is 10.2 Å². The van der Waals surface area contributed by atoms with E-state index >= 15 is 0 Å². The number of ether oxygens (including phenoxy) is 2. The van der Waals surface area contributed by atoms with Gasteiger partial charge in [-0.1, -0.05) is 51.5 Å². The number of carbonyl (C=O) groups excluding carboxylic acids is 2. The van der Waals surface area contributed by atoms with Gasteiger partial charge >= 0.3 is 12.0 Å². The molecule has 194 valence electrons. The van der Waals surface area contributed by atoms with Gasteiger partial charge in [-0.25, -0.2) is 9.69 Å². The second-order valence-corrected chi connectivity index (χ2v) is 9.24. The highest BCUT2D eigenvalue weighted by atomic mass is 16.5. The number of hydrogen-bond donors (Lipinski definition) is 2. The Morgan fingerprint density at radius 2 is 1.78 bits per heavy atom. The predicted molar refractivity (Wildman–Crippen MR) is 136 cm³/mol. The zero-order valence-electron chi connectivity index (χ0n) is 21.7. The average molecular weight is 497 g/mol. The van der Waals surface area contributed by atoms with Crippen molar-refractivity contribution in [2.24, 2.45) is 5.41 Å². The van der Waals surface area contributed by atoms with E-state index in [0.717, 1.165) is 23.3 Å². The number of likely N-dealkylation sites (tertiary alicyclic amines) is 1. The van der Waals surface area contributed by atoms with Crippen LogP contribution >= 0.6 is 0 Å². The normalized spacial score (nSPS) is 17.2. The van der Waals surface area contributed by atoms with Gasteiger partial charge in [0.1, 0.15) is 16.9 Å². The third-order valence-corrected chi connectivity index (χ3v) is 7.06. The number of rotatable bonds is 11. The molecule has 2 N–H and O–H groups in total. The van der Waals surface area contributed by atoms with Crippen molar-refractivity contribution in [1.29, 1.82) is 0 Å². The number of benzene rings is 2. The minimum atomic E-state index is -0.916. The third-order valence-electron chi connectivity index (χ3n) is 7.06. The zero-order chi connectivity index (χ0) is 26.5. The molecule has 0 unspecified atom stereocenters. The Morgan fingerprint density at radius 1 is 1.11 bits per heavy atom. The largest absolute Gasteiger partial charge is 0.496 e. The Kier molecular flexibility index (Phi) is 8.61. The van der Waals surface area contributed by atoms with E-state index in [1.807, 2.05) is 45.9 Å². The van der Waals surface area contributed by atoms with Crippen molar-refractivity contribution in [2.45, 2.75) is 72.1 Å². The summed E-state index contributed by atoms with van der Waals surface area (Å²) in [7, 11) is 1.62. The van der Waals surface area contributed by atoms with Crippen LogP contribution in [0.3, 0.4) is 0 Å². The van der Waals surface area contributed by atoms with Crippen LogP contribution in [-0.2, 0) is 16.0 Å². The minimum absolute atomic E-state index is 0.0891. The molecule has 1 heterocycles. The molecule has 2 aromatic carbocycles. The summed E-state index contributed by atoms with van der Waals surface area (Å²) in [6.45, 7) is 7.84. The molecule has 2 atom stereocenters. The van der Waals surface area contributed by atoms with Crippen LogP contribution in [0, 0.1) is 12.3 Å². The van der Waals surface area contributed by atoms with Crippen LogP contribution in [0.5, 0.6) is 11.5 Å². The smallest absolute Gasteiger partial charge is 0.327 e. The van der Waals surface area contributed by atoms with E-state index < -0.39 is 23.6 Å². The topological polar surface area (TPSA) is 105 Å². The van der Waals surface area contributed by atoms with Crippen LogP contribution in [0.15, 0.2) is 42.5 Å². The van der Waals surface area contributed by atoms with Crippen molar-refractivity contribution < 1.29 is 29.0 Å². The molecular formula is C28H36N2O6. The second kappa shape index (κ2) is 11.5. The van der Waals surface area contributed by atoms with Crippen LogP contribution in [0.2, 0.25) is 0 Å². The summed E-state index contributed by atoms with van der Waals surface area (Å²) in [6, 6.07) is 11.7. The Labute approximate surface area is 212 Å². The molecule has 1 aliphatic heterocycles. The lowest BCUT2D eigenvalue weighted by Gasteiger charge is -2.53. The summed E-state index contributed by atoms with van der Waals surface area (Å²) in [5, 5.41) is 12.0. The highest BCUT2D eigenvalue weighted by Crippen LogP contribution is 2.46. The number of carbonyl (C=O) groups is 3. The quantitative estimate of drug-likeness (QED) is 0.413. The van der Waals surface area contributed by atoms with Crippen LogP contribution in [0.1, 0.15) is 69.2 Å². The zero-order valence-corrected chi connectivity index (χ0v) is 21.7. The molecule has 1 saturated heterocycles. The van der Waals surface area contributed by atoms with Gasteiger partial charge in [0.2, 0.25) is 5.91 Å². The number of nitrogens with one attached hydrogen (secondary N) is 1. The second-order valence-electron chi connectivity index (χ2n) is 9.24.